The van der Waals surface area contributed by atoms with Crippen molar-refractivity contribution in [2.75, 3.05) is 7.05 Å². The van der Waals surface area contributed by atoms with Gasteiger partial charge in [-0.3, -0.25) is 9.48 Å². The van der Waals surface area contributed by atoms with Gasteiger partial charge >= 0.3 is 0 Å². The van der Waals surface area contributed by atoms with Crippen molar-refractivity contribution in [3.05, 3.63) is 52.8 Å². The van der Waals surface area contributed by atoms with Gasteiger partial charge in [0.15, 0.2) is 0 Å². The Balaban J connectivity index is 2.11. The second-order valence-corrected chi connectivity index (χ2v) is 5.17. The lowest BCUT2D eigenvalue weighted by Crippen LogP contribution is -2.28. The van der Waals surface area contributed by atoms with Crippen LogP contribution in [0.15, 0.2) is 30.3 Å². The number of benzene rings is 1. The standard InChI is InChI=1S/C16H22N4O/c1-4-20-15(9-12(2)18-20)16(21)19(3)11-14-7-5-13(10-17)6-8-14/h5-9H,4,10-11,17H2,1-3H3. The average molecular weight is 286 g/mol. The van der Waals surface area contributed by atoms with Gasteiger partial charge in [0.05, 0.1) is 5.69 Å². The number of nitrogens with two attached hydrogens (primary N) is 1. The molecule has 5 nitrogen and oxygen atoms in total. The number of hydrogen-bond acceptors (Lipinski definition) is 3. The second-order valence-electron chi connectivity index (χ2n) is 5.17. The summed E-state index contributed by atoms with van der Waals surface area (Å²) in [6.07, 6.45) is 0. The topological polar surface area (TPSA) is 64.2 Å². The first-order chi connectivity index (χ1) is 10.0. The molecule has 112 valence electrons. The van der Waals surface area contributed by atoms with Crippen molar-refractivity contribution in [3.63, 3.8) is 0 Å². The van der Waals surface area contributed by atoms with Gasteiger partial charge < -0.3 is 10.6 Å². The fraction of sp³-hybridized carbons (Fsp3) is 0.375. The summed E-state index contributed by atoms with van der Waals surface area (Å²) in [5.74, 6) is -0.0136. The van der Waals surface area contributed by atoms with Crippen molar-refractivity contribution in [2.24, 2.45) is 5.73 Å². The predicted molar refractivity (Wildman–Crippen MR) is 82.8 cm³/mol. The van der Waals surface area contributed by atoms with Crippen LogP contribution in [-0.4, -0.2) is 27.6 Å². The molecule has 0 saturated heterocycles. The molecule has 0 aliphatic heterocycles. The first-order valence-corrected chi connectivity index (χ1v) is 7.13. The molecule has 0 aliphatic rings. The number of amides is 1. The summed E-state index contributed by atoms with van der Waals surface area (Å²) in [6.45, 7) is 5.67. The molecule has 1 aromatic heterocycles. The molecule has 2 rings (SSSR count). The molecule has 1 heterocycles. The molecular weight excluding hydrogens is 264 g/mol. The molecule has 0 radical (unpaired) electrons. The van der Waals surface area contributed by atoms with Gasteiger partial charge in [-0.25, -0.2) is 0 Å². The van der Waals surface area contributed by atoms with Crippen molar-refractivity contribution >= 4 is 5.91 Å². The first kappa shape index (κ1) is 15.3. The van der Waals surface area contributed by atoms with E-state index in [-0.39, 0.29) is 5.91 Å². The Bertz CT molecular complexity index is 616. The number of aromatic nitrogens is 2. The van der Waals surface area contributed by atoms with E-state index in [1.807, 2.05) is 51.2 Å². The molecule has 1 amide bonds. The van der Waals surface area contributed by atoms with Crippen LogP contribution < -0.4 is 5.73 Å². The van der Waals surface area contributed by atoms with Gasteiger partial charge in [-0.15, -0.1) is 0 Å². The molecule has 5 heteroatoms. The smallest absolute Gasteiger partial charge is 0.272 e. The van der Waals surface area contributed by atoms with Crippen molar-refractivity contribution in [3.8, 4) is 0 Å². The highest BCUT2D eigenvalue weighted by Gasteiger charge is 2.17. The van der Waals surface area contributed by atoms with Crippen molar-refractivity contribution in [1.29, 1.82) is 0 Å². The van der Waals surface area contributed by atoms with E-state index in [4.69, 9.17) is 5.73 Å². The fourth-order valence-corrected chi connectivity index (χ4v) is 2.28. The third-order valence-corrected chi connectivity index (χ3v) is 3.45. The van der Waals surface area contributed by atoms with E-state index < -0.39 is 0 Å². The Hall–Kier alpha value is -2.14. The number of rotatable bonds is 5. The van der Waals surface area contributed by atoms with Gasteiger partial charge in [-0.05, 0) is 31.0 Å². The summed E-state index contributed by atoms with van der Waals surface area (Å²) >= 11 is 0. The van der Waals surface area contributed by atoms with Gasteiger partial charge in [0.25, 0.3) is 5.91 Å². The van der Waals surface area contributed by atoms with E-state index in [2.05, 4.69) is 5.10 Å². The highest BCUT2D eigenvalue weighted by atomic mass is 16.2. The maximum Gasteiger partial charge on any atom is 0.272 e. The Labute approximate surface area is 125 Å². The zero-order chi connectivity index (χ0) is 15.4. The van der Waals surface area contributed by atoms with Gasteiger partial charge in [-0.1, -0.05) is 24.3 Å². The lowest BCUT2D eigenvalue weighted by atomic mass is 10.1. The predicted octanol–water partition coefficient (Wildman–Crippen LogP) is 1.94. The van der Waals surface area contributed by atoms with E-state index in [1.54, 1.807) is 9.58 Å². The third kappa shape index (κ3) is 3.49. The van der Waals surface area contributed by atoms with E-state index in [1.165, 1.54) is 0 Å². The van der Waals surface area contributed by atoms with E-state index in [0.29, 0.717) is 25.3 Å². The summed E-state index contributed by atoms with van der Waals surface area (Å²) in [5, 5.41) is 4.32. The Morgan fingerprint density at radius 3 is 2.48 bits per heavy atom. The number of carbonyl (C=O) groups is 1. The monoisotopic (exact) mass is 286 g/mol. The van der Waals surface area contributed by atoms with Crippen molar-refractivity contribution in [2.45, 2.75) is 33.5 Å². The van der Waals surface area contributed by atoms with Crippen LogP contribution >= 0.6 is 0 Å². The summed E-state index contributed by atoms with van der Waals surface area (Å²) < 4.78 is 1.74. The van der Waals surface area contributed by atoms with Crippen molar-refractivity contribution in [1.82, 2.24) is 14.7 Å². The Morgan fingerprint density at radius 2 is 1.90 bits per heavy atom. The molecule has 1 aromatic carbocycles. The van der Waals surface area contributed by atoms with Crippen LogP contribution in [-0.2, 0) is 19.6 Å². The van der Waals surface area contributed by atoms with Gasteiger partial charge in [0, 0.05) is 26.7 Å². The SMILES string of the molecule is CCn1nc(C)cc1C(=O)N(C)Cc1ccc(CN)cc1. The maximum atomic E-state index is 12.5. The van der Waals surface area contributed by atoms with Crippen LogP contribution in [0.25, 0.3) is 0 Å². The number of aryl methyl sites for hydroxylation is 2. The van der Waals surface area contributed by atoms with E-state index in [9.17, 15) is 4.79 Å². The van der Waals surface area contributed by atoms with Crippen molar-refractivity contribution < 1.29 is 4.79 Å². The molecular formula is C16H22N4O. The van der Waals surface area contributed by atoms with Crippen LogP contribution in [0.1, 0.15) is 34.2 Å². The Kier molecular flexibility index (Phi) is 4.75. The zero-order valence-corrected chi connectivity index (χ0v) is 12.8. The molecule has 2 N–H and O–H groups in total. The van der Waals surface area contributed by atoms with Gasteiger partial charge in [-0.2, -0.15) is 5.10 Å². The first-order valence-electron chi connectivity index (χ1n) is 7.13. The van der Waals surface area contributed by atoms with Crippen LogP contribution in [0.5, 0.6) is 0 Å². The summed E-state index contributed by atoms with van der Waals surface area (Å²) in [7, 11) is 1.81. The van der Waals surface area contributed by atoms with Gasteiger partial charge in [0.1, 0.15) is 5.69 Å². The van der Waals surface area contributed by atoms with E-state index in [0.717, 1.165) is 16.8 Å². The third-order valence-electron chi connectivity index (χ3n) is 3.45. The largest absolute Gasteiger partial charge is 0.336 e. The van der Waals surface area contributed by atoms with Crippen LogP contribution in [0.2, 0.25) is 0 Å². The quantitative estimate of drug-likeness (QED) is 0.913. The molecule has 0 unspecified atom stereocenters. The molecule has 0 saturated carbocycles. The minimum absolute atomic E-state index is 0.0136. The van der Waals surface area contributed by atoms with E-state index >= 15 is 0 Å². The molecule has 0 spiro atoms. The molecule has 0 fully saturated rings. The highest BCUT2D eigenvalue weighted by molar-refractivity contribution is 5.92. The van der Waals surface area contributed by atoms with Crippen LogP contribution in [0, 0.1) is 6.92 Å². The van der Waals surface area contributed by atoms with Crippen LogP contribution in [0.4, 0.5) is 0 Å². The minimum Gasteiger partial charge on any atom is -0.336 e. The van der Waals surface area contributed by atoms with Gasteiger partial charge in [0.2, 0.25) is 0 Å². The number of nitrogens with zero attached hydrogens (tertiary/aromatic N) is 3. The molecule has 21 heavy (non-hydrogen) atoms. The zero-order valence-electron chi connectivity index (χ0n) is 12.8. The highest BCUT2D eigenvalue weighted by Crippen LogP contribution is 2.11. The molecule has 0 aliphatic carbocycles. The molecule has 2 aromatic rings. The summed E-state index contributed by atoms with van der Waals surface area (Å²) in [6, 6.07) is 9.84. The normalized spacial score (nSPS) is 10.7. The molecule has 0 bridgehead atoms. The summed E-state index contributed by atoms with van der Waals surface area (Å²) in [5.41, 5.74) is 9.26. The molecule has 0 atom stereocenters. The average Bonchev–Trinajstić information content (AvgIpc) is 2.88. The minimum atomic E-state index is -0.0136. The number of carbonyl (C=O) groups excluding carboxylic acids is 1. The second kappa shape index (κ2) is 6.54. The lowest BCUT2D eigenvalue weighted by molar-refractivity contribution is 0.0773. The van der Waals surface area contributed by atoms with Crippen LogP contribution in [0.3, 0.4) is 0 Å². The Morgan fingerprint density at radius 1 is 1.29 bits per heavy atom. The summed E-state index contributed by atoms with van der Waals surface area (Å²) in [4.78, 5) is 14.2. The fourth-order valence-electron chi connectivity index (χ4n) is 2.28. The lowest BCUT2D eigenvalue weighted by Gasteiger charge is -2.17. The number of hydrogen-bond donors (Lipinski definition) is 1. The maximum absolute atomic E-state index is 12.5.